The van der Waals surface area contributed by atoms with Crippen LogP contribution in [0.15, 0.2) is 0 Å². The first-order chi connectivity index (χ1) is 6.27. The lowest BCUT2D eigenvalue weighted by atomic mass is 10.2. The van der Waals surface area contributed by atoms with Gasteiger partial charge >= 0.3 is 5.97 Å². The standard InChI is InChI=1S/C10H21NO2/c1-3-7-11-8-5-4-6-9-13-10(2)12/h11H,3-9H2,1-2H3. The van der Waals surface area contributed by atoms with Gasteiger partial charge in [0.1, 0.15) is 0 Å². The predicted molar refractivity (Wildman–Crippen MR) is 53.6 cm³/mol. The molecule has 0 heterocycles. The molecule has 0 aromatic carbocycles. The maximum absolute atomic E-state index is 10.4. The highest BCUT2D eigenvalue weighted by Crippen LogP contribution is 1.94. The SMILES string of the molecule is CCCNCCCCCOC(C)=O. The molecule has 0 fully saturated rings. The molecule has 0 saturated carbocycles. The summed E-state index contributed by atoms with van der Waals surface area (Å²) >= 11 is 0. The minimum atomic E-state index is -0.177. The van der Waals surface area contributed by atoms with Crippen molar-refractivity contribution in [3.63, 3.8) is 0 Å². The molecule has 0 aliphatic rings. The molecule has 0 aliphatic heterocycles. The van der Waals surface area contributed by atoms with Gasteiger partial charge < -0.3 is 10.1 Å². The molecular weight excluding hydrogens is 166 g/mol. The predicted octanol–water partition coefficient (Wildman–Crippen LogP) is 1.72. The minimum absolute atomic E-state index is 0.177. The first-order valence-electron chi connectivity index (χ1n) is 5.11. The number of ether oxygens (including phenoxy) is 1. The number of rotatable bonds is 8. The first kappa shape index (κ1) is 12.4. The molecule has 0 radical (unpaired) electrons. The van der Waals surface area contributed by atoms with Crippen molar-refractivity contribution in [3.8, 4) is 0 Å². The van der Waals surface area contributed by atoms with Crippen molar-refractivity contribution in [2.45, 2.75) is 39.5 Å². The van der Waals surface area contributed by atoms with E-state index in [2.05, 4.69) is 12.2 Å². The second-order valence-corrected chi connectivity index (χ2v) is 3.15. The summed E-state index contributed by atoms with van der Waals surface area (Å²) in [6, 6.07) is 0. The molecule has 0 bridgehead atoms. The van der Waals surface area contributed by atoms with E-state index in [-0.39, 0.29) is 5.97 Å². The van der Waals surface area contributed by atoms with Crippen LogP contribution >= 0.6 is 0 Å². The van der Waals surface area contributed by atoms with E-state index in [4.69, 9.17) is 4.74 Å². The Labute approximate surface area is 80.8 Å². The minimum Gasteiger partial charge on any atom is -0.466 e. The number of esters is 1. The third-order valence-electron chi connectivity index (χ3n) is 1.73. The molecule has 0 rings (SSSR count). The van der Waals surface area contributed by atoms with Gasteiger partial charge in [-0.3, -0.25) is 4.79 Å². The van der Waals surface area contributed by atoms with Gasteiger partial charge in [0.05, 0.1) is 6.61 Å². The summed E-state index contributed by atoms with van der Waals surface area (Å²) in [6.07, 6.45) is 4.46. The molecule has 1 N–H and O–H groups in total. The first-order valence-corrected chi connectivity index (χ1v) is 5.11. The van der Waals surface area contributed by atoms with Gasteiger partial charge in [0.2, 0.25) is 0 Å². The van der Waals surface area contributed by atoms with Crippen LogP contribution in [0.4, 0.5) is 0 Å². The summed E-state index contributed by atoms with van der Waals surface area (Å²) in [7, 11) is 0. The van der Waals surface area contributed by atoms with Crippen LogP contribution in [0, 0.1) is 0 Å². The van der Waals surface area contributed by atoms with Gasteiger partial charge in [-0.05, 0) is 38.8 Å². The Balaban J connectivity index is 2.87. The number of hydrogen-bond donors (Lipinski definition) is 1. The van der Waals surface area contributed by atoms with E-state index in [0.29, 0.717) is 6.61 Å². The highest BCUT2D eigenvalue weighted by atomic mass is 16.5. The van der Waals surface area contributed by atoms with E-state index in [0.717, 1.165) is 25.9 Å². The zero-order valence-electron chi connectivity index (χ0n) is 8.77. The van der Waals surface area contributed by atoms with Crippen LogP contribution in [-0.2, 0) is 9.53 Å². The Morgan fingerprint density at radius 2 is 2.00 bits per heavy atom. The third kappa shape index (κ3) is 11.4. The van der Waals surface area contributed by atoms with E-state index >= 15 is 0 Å². The summed E-state index contributed by atoms with van der Waals surface area (Å²) < 4.78 is 4.81. The van der Waals surface area contributed by atoms with Gasteiger partial charge in [0.15, 0.2) is 0 Å². The smallest absolute Gasteiger partial charge is 0.302 e. The van der Waals surface area contributed by atoms with Crippen molar-refractivity contribution in [2.75, 3.05) is 19.7 Å². The number of unbranched alkanes of at least 4 members (excludes halogenated alkanes) is 2. The van der Waals surface area contributed by atoms with Crippen LogP contribution < -0.4 is 5.32 Å². The van der Waals surface area contributed by atoms with Crippen molar-refractivity contribution < 1.29 is 9.53 Å². The third-order valence-corrected chi connectivity index (χ3v) is 1.73. The van der Waals surface area contributed by atoms with Crippen LogP contribution in [0.5, 0.6) is 0 Å². The summed E-state index contributed by atoms with van der Waals surface area (Å²) in [4.78, 5) is 10.4. The summed E-state index contributed by atoms with van der Waals surface area (Å²) in [5.74, 6) is -0.177. The van der Waals surface area contributed by atoms with Gasteiger partial charge in [-0.2, -0.15) is 0 Å². The average Bonchev–Trinajstić information content (AvgIpc) is 2.09. The molecule has 0 spiro atoms. The average molecular weight is 187 g/mol. The molecule has 3 nitrogen and oxygen atoms in total. The van der Waals surface area contributed by atoms with Crippen LogP contribution in [0.1, 0.15) is 39.5 Å². The maximum Gasteiger partial charge on any atom is 0.302 e. The number of carbonyl (C=O) groups is 1. The highest BCUT2D eigenvalue weighted by molar-refractivity contribution is 5.65. The van der Waals surface area contributed by atoms with Gasteiger partial charge in [0, 0.05) is 6.92 Å². The summed E-state index contributed by atoms with van der Waals surface area (Å²) in [5.41, 5.74) is 0. The summed E-state index contributed by atoms with van der Waals surface area (Å²) in [5, 5.41) is 3.33. The second-order valence-electron chi connectivity index (χ2n) is 3.15. The lowest BCUT2D eigenvalue weighted by Crippen LogP contribution is -2.15. The zero-order chi connectivity index (χ0) is 9.94. The largest absolute Gasteiger partial charge is 0.466 e. The fourth-order valence-electron chi connectivity index (χ4n) is 1.05. The molecule has 0 atom stereocenters. The van der Waals surface area contributed by atoms with E-state index in [1.165, 1.54) is 19.8 Å². The molecule has 0 aromatic heterocycles. The molecule has 3 heteroatoms. The molecular formula is C10H21NO2. The Kier molecular flexibility index (Phi) is 9.10. The van der Waals surface area contributed by atoms with Gasteiger partial charge in [-0.15, -0.1) is 0 Å². The Morgan fingerprint density at radius 3 is 2.62 bits per heavy atom. The van der Waals surface area contributed by atoms with Gasteiger partial charge in [-0.1, -0.05) is 6.92 Å². The van der Waals surface area contributed by atoms with Gasteiger partial charge in [0.25, 0.3) is 0 Å². The van der Waals surface area contributed by atoms with Gasteiger partial charge in [-0.25, -0.2) is 0 Å². The van der Waals surface area contributed by atoms with E-state index < -0.39 is 0 Å². The molecule has 0 aliphatic carbocycles. The molecule has 0 unspecified atom stereocenters. The lowest BCUT2D eigenvalue weighted by Gasteiger charge is -2.03. The fraction of sp³-hybridized carbons (Fsp3) is 0.900. The number of hydrogen-bond acceptors (Lipinski definition) is 3. The number of nitrogens with one attached hydrogen (secondary N) is 1. The van der Waals surface area contributed by atoms with E-state index in [1.807, 2.05) is 0 Å². The Bertz CT molecular complexity index is 126. The van der Waals surface area contributed by atoms with Crippen molar-refractivity contribution >= 4 is 5.97 Å². The maximum atomic E-state index is 10.4. The van der Waals surface area contributed by atoms with Crippen LogP contribution in [-0.4, -0.2) is 25.7 Å². The summed E-state index contributed by atoms with van der Waals surface area (Å²) in [6.45, 7) is 6.36. The van der Waals surface area contributed by atoms with E-state index in [9.17, 15) is 4.79 Å². The fourth-order valence-corrected chi connectivity index (χ4v) is 1.05. The molecule has 0 aromatic rings. The van der Waals surface area contributed by atoms with Crippen LogP contribution in [0.2, 0.25) is 0 Å². The van der Waals surface area contributed by atoms with Crippen LogP contribution in [0.3, 0.4) is 0 Å². The monoisotopic (exact) mass is 187 g/mol. The van der Waals surface area contributed by atoms with Crippen molar-refractivity contribution in [3.05, 3.63) is 0 Å². The normalized spacial score (nSPS) is 10.0. The van der Waals surface area contributed by atoms with Crippen molar-refractivity contribution in [2.24, 2.45) is 0 Å². The molecule has 0 saturated heterocycles. The molecule has 13 heavy (non-hydrogen) atoms. The molecule has 78 valence electrons. The quantitative estimate of drug-likeness (QED) is 0.464. The topological polar surface area (TPSA) is 38.3 Å². The Hall–Kier alpha value is -0.570. The Morgan fingerprint density at radius 1 is 1.23 bits per heavy atom. The zero-order valence-corrected chi connectivity index (χ0v) is 8.77. The van der Waals surface area contributed by atoms with E-state index in [1.54, 1.807) is 0 Å². The molecule has 0 amide bonds. The second kappa shape index (κ2) is 9.52. The lowest BCUT2D eigenvalue weighted by molar-refractivity contribution is -0.141. The highest BCUT2D eigenvalue weighted by Gasteiger charge is 1.92. The van der Waals surface area contributed by atoms with Crippen molar-refractivity contribution in [1.29, 1.82) is 0 Å². The van der Waals surface area contributed by atoms with Crippen LogP contribution in [0.25, 0.3) is 0 Å². The number of carbonyl (C=O) groups excluding carboxylic acids is 1. The van der Waals surface area contributed by atoms with Crippen molar-refractivity contribution in [1.82, 2.24) is 5.32 Å².